The fourth-order valence-corrected chi connectivity index (χ4v) is 4.69. The molecule has 1 saturated heterocycles. The van der Waals surface area contributed by atoms with E-state index in [1.807, 2.05) is 37.3 Å². The highest BCUT2D eigenvalue weighted by molar-refractivity contribution is 9.10. The number of ether oxygens (including phenoxy) is 4. The number of piperidine rings is 1. The van der Waals surface area contributed by atoms with E-state index >= 15 is 0 Å². The van der Waals surface area contributed by atoms with Crippen LogP contribution < -0.4 is 18.9 Å². The van der Waals surface area contributed by atoms with Gasteiger partial charge in [0, 0.05) is 16.6 Å². The number of rotatable bonds is 9. The van der Waals surface area contributed by atoms with E-state index in [9.17, 15) is 9.90 Å². The normalized spacial score (nSPS) is 17.5. The molecule has 2 unspecified atom stereocenters. The van der Waals surface area contributed by atoms with Crippen molar-refractivity contribution in [3.63, 3.8) is 0 Å². The molecule has 1 fully saturated rings. The zero-order valence-corrected chi connectivity index (χ0v) is 20.5. The van der Waals surface area contributed by atoms with Crippen LogP contribution in [0.25, 0.3) is 0 Å². The summed E-state index contributed by atoms with van der Waals surface area (Å²) in [7, 11) is 4.74. The molecule has 0 amide bonds. The summed E-state index contributed by atoms with van der Waals surface area (Å²) in [6.07, 6.45) is 1.47. The molecule has 0 bridgehead atoms. The SMILES string of the molecule is CCOc1ccc(Br)cc1C(c1cc(OC)c(OC)c(OC)c1)N1CCCC(C(=O)O)C1. The molecule has 174 valence electrons. The highest BCUT2D eigenvalue weighted by atomic mass is 79.9. The number of likely N-dealkylation sites (tertiary alicyclic amines) is 1. The Morgan fingerprint density at radius 1 is 1.12 bits per heavy atom. The summed E-state index contributed by atoms with van der Waals surface area (Å²) >= 11 is 3.59. The van der Waals surface area contributed by atoms with Crippen molar-refractivity contribution in [1.82, 2.24) is 4.90 Å². The third kappa shape index (κ3) is 5.13. The number of benzene rings is 2. The Labute approximate surface area is 197 Å². The van der Waals surface area contributed by atoms with Gasteiger partial charge in [0.05, 0.1) is 39.9 Å². The average molecular weight is 508 g/mol. The van der Waals surface area contributed by atoms with E-state index in [0.717, 1.165) is 34.3 Å². The maximum Gasteiger partial charge on any atom is 0.307 e. The van der Waals surface area contributed by atoms with Crippen LogP contribution in [0.15, 0.2) is 34.8 Å². The molecule has 8 heteroatoms. The Morgan fingerprint density at radius 3 is 2.38 bits per heavy atom. The fourth-order valence-electron chi connectivity index (χ4n) is 4.31. The molecular weight excluding hydrogens is 478 g/mol. The molecule has 3 rings (SSSR count). The van der Waals surface area contributed by atoms with E-state index in [4.69, 9.17) is 18.9 Å². The van der Waals surface area contributed by atoms with Gasteiger partial charge in [0.2, 0.25) is 5.75 Å². The second-order valence-electron chi connectivity index (χ2n) is 7.65. The van der Waals surface area contributed by atoms with Crippen molar-refractivity contribution in [3.8, 4) is 23.0 Å². The first-order valence-electron chi connectivity index (χ1n) is 10.6. The number of carboxylic acids is 1. The van der Waals surface area contributed by atoms with E-state index in [0.29, 0.717) is 36.8 Å². The number of hydrogen-bond acceptors (Lipinski definition) is 6. The minimum Gasteiger partial charge on any atom is -0.494 e. The lowest BCUT2D eigenvalue weighted by atomic mass is 9.90. The number of carboxylic acid groups (broad SMARTS) is 1. The second kappa shape index (κ2) is 10.9. The van der Waals surface area contributed by atoms with Gasteiger partial charge in [-0.25, -0.2) is 0 Å². The summed E-state index contributed by atoms with van der Waals surface area (Å²) in [4.78, 5) is 14.0. The third-order valence-electron chi connectivity index (χ3n) is 5.74. The van der Waals surface area contributed by atoms with Crippen LogP contribution in [-0.2, 0) is 4.79 Å². The molecule has 1 heterocycles. The molecule has 0 radical (unpaired) electrons. The van der Waals surface area contributed by atoms with Crippen molar-refractivity contribution in [2.24, 2.45) is 5.92 Å². The van der Waals surface area contributed by atoms with Crippen LogP contribution in [0.1, 0.15) is 36.9 Å². The number of methoxy groups -OCH3 is 3. The van der Waals surface area contributed by atoms with Gasteiger partial charge in [-0.05, 0) is 62.2 Å². The van der Waals surface area contributed by atoms with E-state index in [1.54, 1.807) is 21.3 Å². The number of halogens is 1. The summed E-state index contributed by atoms with van der Waals surface area (Å²) in [6.45, 7) is 3.67. The number of nitrogens with zero attached hydrogens (tertiary/aromatic N) is 1. The van der Waals surface area contributed by atoms with Gasteiger partial charge in [-0.3, -0.25) is 9.69 Å². The zero-order chi connectivity index (χ0) is 23.3. The van der Waals surface area contributed by atoms with Crippen LogP contribution in [-0.4, -0.2) is 57.0 Å². The Hall–Kier alpha value is -2.45. The third-order valence-corrected chi connectivity index (χ3v) is 6.23. The van der Waals surface area contributed by atoms with Crippen LogP contribution in [0, 0.1) is 5.92 Å². The topological polar surface area (TPSA) is 77.5 Å². The highest BCUT2D eigenvalue weighted by Gasteiger charge is 2.34. The van der Waals surface area contributed by atoms with Gasteiger partial charge >= 0.3 is 5.97 Å². The molecule has 1 aliphatic heterocycles. The first-order chi connectivity index (χ1) is 15.4. The molecule has 2 atom stereocenters. The molecule has 0 aliphatic carbocycles. The first-order valence-corrected chi connectivity index (χ1v) is 11.4. The van der Waals surface area contributed by atoms with Gasteiger partial charge in [0.15, 0.2) is 11.5 Å². The van der Waals surface area contributed by atoms with Crippen LogP contribution in [0.2, 0.25) is 0 Å². The van der Waals surface area contributed by atoms with Crippen LogP contribution in [0.5, 0.6) is 23.0 Å². The molecule has 0 aromatic heterocycles. The highest BCUT2D eigenvalue weighted by Crippen LogP contribution is 2.45. The quantitative estimate of drug-likeness (QED) is 0.524. The van der Waals surface area contributed by atoms with Gasteiger partial charge in [0.25, 0.3) is 0 Å². The minimum absolute atomic E-state index is 0.259. The standard InChI is InChI=1S/C24H30BrNO6/c1-5-32-19-9-8-17(25)13-18(19)22(26-10-6-7-15(14-26)24(27)28)16-11-20(29-2)23(31-4)21(12-16)30-3/h8-9,11-13,15,22H,5-7,10,14H2,1-4H3,(H,27,28). The molecule has 1 aliphatic rings. The lowest BCUT2D eigenvalue weighted by Crippen LogP contribution is -2.41. The van der Waals surface area contributed by atoms with Crippen molar-refractivity contribution < 1.29 is 28.8 Å². The van der Waals surface area contributed by atoms with Crippen molar-refractivity contribution >= 4 is 21.9 Å². The summed E-state index contributed by atoms with van der Waals surface area (Å²) in [5.41, 5.74) is 1.85. The number of hydrogen-bond donors (Lipinski definition) is 1. The Balaban J connectivity index is 2.20. The van der Waals surface area contributed by atoms with Crippen molar-refractivity contribution in [1.29, 1.82) is 0 Å². The van der Waals surface area contributed by atoms with Gasteiger partial charge in [0.1, 0.15) is 5.75 Å². The van der Waals surface area contributed by atoms with Gasteiger partial charge in [-0.1, -0.05) is 15.9 Å². The predicted molar refractivity (Wildman–Crippen MR) is 125 cm³/mol. The van der Waals surface area contributed by atoms with Crippen molar-refractivity contribution in [2.75, 3.05) is 41.0 Å². The Bertz CT molecular complexity index is 925. The lowest BCUT2D eigenvalue weighted by molar-refractivity contribution is -0.143. The smallest absolute Gasteiger partial charge is 0.307 e. The molecule has 2 aromatic rings. The molecule has 1 N–H and O–H groups in total. The van der Waals surface area contributed by atoms with Crippen molar-refractivity contribution in [2.45, 2.75) is 25.8 Å². The fraction of sp³-hybridized carbons (Fsp3) is 0.458. The van der Waals surface area contributed by atoms with E-state index in [1.165, 1.54) is 0 Å². The predicted octanol–water partition coefficient (Wildman–Crippen LogP) is 4.76. The van der Waals surface area contributed by atoms with E-state index in [-0.39, 0.29) is 6.04 Å². The van der Waals surface area contributed by atoms with Crippen LogP contribution in [0.4, 0.5) is 0 Å². The number of aliphatic carboxylic acids is 1. The molecule has 2 aromatic carbocycles. The monoisotopic (exact) mass is 507 g/mol. The van der Waals surface area contributed by atoms with Crippen molar-refractivity contribution in [3.05, 3.63) is 45.9 Å². The molecular formula is C24H30BrNO6. The Morgan fingerprint density at radius 2 is 1.81 bits per heavy atom. The molecule has 7 nitrogen and oxygen atoms in total. The van der Waals surface area contributed by atoms with Gasteiger partial charge in [-0.2, -0.15) is 0 Å². The summed E-state index contributed by atoms with van der Waals surface area (Å²) in [5, 5.41) is 9.68. The maximum atomic E-state index is 11.8. The van der Waals surface area contributed by atoms with E-state index < -0.39 is 11.9 Å². The van der Waals surface area contributed by atoms with E-state index in [2.05, 4.69) is 20.8 Å². The van der Waals surface area contributed by atoms with Gasteiger partial charge in [-0.15, -0.1) is 0 Å². The number of carbonyl (C=O) groups is 1. The van der Waals surface area contributed by atoms with Crippen LogP contribution >= 0.6 is 15.9 Å². The summed E-state index contributed by atoms with van der Waals surface area (Å²) in [6, 6.07) is 9.50. The largest absolute Gasteiger partial charge is 0.494 e. The average Bonchev–Trinajstić information content (AvgIpc) is 2.80. The molecule has 32 heavy (non-hydrogen) atoms. The van der Waals surface area contributed by atoms with Gasteiger partial charge < -0.3 is 24.1 Å². The first kappa shape index (κ1) is 24.2. The summed E-state index contributed by atoms with van der Waals surface area (Å²) in [5.74, 6) is 1.18. The second-order valence-corrected chi connectivity index (χ2v) is 8.56. The molecule has 0 spiro atoms. The maximum absolute atomic E-state index is 11.8. The zero-order valence-electron chi connectivity index (χ0n) is 18.9. The minimum atomic E-state index is -0.766. The Kier molecular flexibility index (Phi) is 8.26. The summed E-state index contributed by atoms with van der Waals surface area (Å²) < 4.78 is 23.6. The van der Waals surface area contributed by atoms with Crippen LogP contribution in [0.3, 0.4) is 0 Å². The molecule has 0 saturated carbocycles. The lowest BCUT2D eigenvalue weighted by Gasteiger charge is -2.38.